The van der Waals surface area contributed by atoms with Gasteiger partial charge in [0.15, 0.2) is 11.5 Å². The molecule has 1 fully saturated rings. The molecule has 2 unspecified atom stereocenters. The highest BCUT2D eigenvalue weighted by atomic mass is 19.1. The quantitative estimate of drug-likeness (QED) is 0.280. The van der Waals surface area contributed by atoms with Gasteiger partial charge in [0, 0.05) is 19.0 Å². The van der Waals surface area contributed by atoms with E-state index in [1.165, 1.54) is 12.1 Å². The fourth-order valence-electron chi connectivity index (χ4n) is 6.92. The van der Waals surface area contributed by atoms with E-state index in [4.69, 9.17) is 18.9 Å². The molecule has 0 saturated carbocycles. The van der Waals surface area contributed by atoms with Crippen LogP contribution in [0.3, 0.4) is 0 Å². The van der Waals surface area contributed by atoms with Gasteiger partial charge in [-0.2, -0.15) is 0 Å². The van der Waals surface area contributed by atoms with Crippen LogP contribution in [0.4, 0.5) is 4.39 Å². The third kappa shape index (κ3) is 7.13. The summed E-state index contributed by atoms with van der Waals surface area (Å²) in [6.07, 6.45) is 11.2. The molecule has 2 atom stereocenters. The van der Waals surface area contributed by atoms with Crippen LogP contribution in [0.15, 0.2) is 77.1 Å². The highest BCUT2D eigenvalue weighted by molar-refractivity contribution is 5.62. The summed E-state index contributed by atoms with van der Waals surface area (Å²) in [5.74, 6) is 0.114. The van der Waals surface area contributed by atoms with Crippen molar-refractivity contribution in [3.63, 3.8) is 0 Å². The Labute approximate surface area is 266 Å². The minimum absolute atomic E-state index is 0.0711. The van der Waals surface area contributed by atoms with Gasteiger partial charge < -0.3 is 29.2 Å². The van der Waals surface area contributed by atoms with Crippen molar-refractivity contribution in [3.05, 3.63) is 94.0 Å². The molecule has 2 aromatic carbocycles. The average molecular weight is 620 g/mol. The minimum atomic E-state index is -2.12. The number of likely N-dealkylation sites (tertiary alicyclic amines) is 1. The highest BCUT2D eigenvalue weighted by Gasteiger charge is 2.49. The Balaban J connectivity index is 1.32. The zero-order valence-corrected chi connectivity index (χ0v) is 27.2. The minimum Gasteiger partial charge on any atom is -0.493 e. The summed E-state index contributed by atoms with van der Waals surface area (Å²) in [7, 11) is 4.79. The zero-order valence-electron chi connectivity index (χ0n) is 27.2. The molecule has 2 N–H and O–H groups in total. The first-order valence-electron chi connectivity index (χ1n) is 15.7. The smallest absolute Gasteiger partial charge is 0.214 e. The Morgan fingerprint density at radius 3 is 2.40 bits per heavy atom. The number of aryl methyl sites for hydroxylation is 1. The van der Waals surface area contributed by atoms with Gasteiger partial charge >= 0.3 is 0 Å². The van der Waals surface area contributed by atoms with Crippen molar-refractivity contribution < 1.29 is 33.6 Å². The lowest BCUT2D eigenvalue weighted by Crippen LogP contribution is -2.51. The van der Waals surface area contributed by atoms with Crippen LogP contribution < -0.4 is 14.2 Å². The molecule has 0 bridgehead atoms. The second-order valence-corrected chi connectivity index (χ2v) is 12.8. The van der Waals surface area contributed by atoms with E-state index < -0.39 is 11.4 Å². The van der Waals surface area contributed by atoms with Crippen LogP contribution in [0.1, 0.15) is 51.2 Å². The molecule has 7 nitrogen and oxygen atoms in total. The summed E-state index contributed by atoms with van der Waals surface area (Å²) in [4.78, 5) is 2.32. The largest absolute Gasteiger partial charge is 0.493 e. The molecule has 1 aliphatic carbocycles. The lowest BCUT2D eigenvalue weighted by Gasteiger charge is -2.50. The third-order valence-corrected chi connectivity index (χ3v) is 9.31. The number of piperidine rings is 1. The lowest BCUT2D eigenvalue weighted by molar-refractivity contribution is -0.108. The molecule has 2 heterocycles. The molecule has 0 aromatic heterocycles. The summed E-state index contributed by atoms with van der Waals surface area (Å²) in [5.41, 5.74) is 3.90. The second kappa shape index (κ2) is 13.4. The first-order chi connectivity index (χ1) is 21.5. The SMILES string of the molecule is COc1cc(C=CCN2CCC3C(=C4C(=CC(C(C)CCCc5ccc(F)cc5)=CC4(O)O)OC3(C)C)C2)cc(OC)c1OC. The molecule has 0 spiro atoms. The van der Waals surface area contributed by atoms with Gasteiger partial charge in [0.05, 0.1) is 26.9 Å². The first-order valence-corrected chi connectivity index (χ1v) is 15.7. The van der Waals surface area contributed by atoms with Gasteiger partial charge in [-0.3, -0.25) is 4.90 Å². The number of rotatable bonds is 11. The molecule has 0 amide bonds. The van der Waals surface area contributed by atoms with Crippen LogP contribution in [-0.4, -0.2) is 67.5 Å². The molecule has 1 saturated heterocycles. The molecular weight excluding hydrogens is 573 g/mol. The first kappa shape index (κ1) is 32.8. The number of ether oxygens (including phenoxy) is 4. The summed E-state index contributed by atoms with van der Waals surface area (Å²) >= 11 is 0. The average Bonchev–Trinajstić information content (AvgIpc) is 3.00. The molecule has 45 heavy (non-hydrogen) atoms. The van der Waals surface area contributed by atoms with Crippen LogP contribution in [-0.2, 0) is 11.2 Å². The van der Waals surface area contributed by atoms with Crippen molar-refractivity contribution in [1.29, 1.82) is 0 Å². The van der Waals surface area contributed by atoms with Gasteiger partial charge in [-0.05, 0) is 111 Å². The maximum Gasteiger partial charge on any atom is 0.214 e. The number of hydrogen-bond acceptors (Lipinski definition) is 7. The molecule has 2 aliphatic heterocycles. The Bertz CT molecular complexity index is 1480. The summed E-state index contributed by atoms with van der Waals surface area (Å²) in [6.45, 7) is 8.45. The van der Waals surface area contributed by atoms with Crippen molar-refractivity contribution in [3.8, 4) is 17.2 Å². The van der Waals surface area contributed by atoms with Crippen LogP contribution >= 0.6 is 0 Å². The highest BCUT2D eigenvalue weighted by Crippen LogP contribution is 2.49. The Kier molecular flexibility index (Phi) is 9.77. The number of fused-ring (bicyclic) bond motifs is 2. The molecule has 242 valence electrons. The van der Waals surface area contributed by atoms with Gasteiger partial charge in [-0.15, -0.1) is 0 Å². The number of halogens is 1. The van der Waals surface area contributed by atoms with E-state index in [0.717, 1.165) is 54.5 Å². The molecule has 5 rings (SSSR count). The van der Waals surface area contributed by atoms with E-state index in [1.54, 1.807) is 27.4 Å². The Morgan fingerprint density at radius 2 is 1.76 bits per heavy atom. The van der Waals surface area contributed by atoms with Crippen molar-refractivity contribution in [2.75, 3.05) is 41.0 Å². The normalized spacial score (nSPS) is 21.3. The standard InChI is InChI=1S/C37H46FNO6/c1-24(9-7-10-25-12-14-28(38)15-13-25)27-21-31-34(37(40,41)22-27)29-23-39(18-16-30(29)36(2,3)45-31)17-8-11-26-19-32(42-4)35(44-6)33(20-26)43-5/h8,11-15,19-22,24,30,40-41H,7,9-10,16-18,23H2,1-6H3. The maximum atomic E-state index is 13.3. The van der Waals surface area contributed by atoms with Gasteiger partial charge in [0.2, 0.25) is 11.5 Å². The van der Waals surface area contributed by atoms with Crippen LogP contribution in [0.2, 0.25) is 0 Å². The molecular formula is C37H46FNO6. The number of hydrogen-bond donors (Lipinski definition) is 2. The van der Waals surface area contributed by atoms with Gasteiger partial charge in [-0.1, -0.05) is 31.2 Å². The second-order valence-electron chi connectivity index (χ2n) is 12.8. The van der Waals surface area contributed by atoms with Crippen LogP contribution in [0.25, 0.3) is 6.08 Å². The third-order valence-electron chi connectivity index (χ3n) is 9.31. The van der Waals surface area contributed by atoms with E-state index in [9.17, 15) is 14.6 Å². The monoisotopic (exact) mass is 619 g/mol. The van der Waals surface area contributed by atoms with Crippen LogP contribution in [0.5, 0.6) is 17.2 Å². The van der Waals surface area contributed by atoms with E-state index in [0.29, 0.717) is 41.7 Å². The van der Waals surface area contributed by atoms with E-state index in [-0.39, 0.29) is 17.7 Å². The molecule has 2 aromatic rings. The number of benzene rings is 2. The Hall–Kier alpha value is -3.59. The van der Waals surface area contributed by atoms with Crippen LogP contribution in [0, 0.1) is 17.7 Å². The number of nitrogens with zero attached hydrogens (tertiary/aromatic N) is 1. The van der Waals surface area contributed by atoms with Gasteiger partial charge in [0.1, 0.15) is 17.2 Å². The topological polar surface area (TPSA) is 80.6 Å². The molecule has 8 heteroatoms. The predicted molar refractivity (Wildman–Crippen MR) is 174 cm³/mol. The number of methoxy groups -OCH3 is 3. The van der Waals surface area contributed by atoms with Gasteiger partial charge in [-0.25, -0.2) is 4.39 Å². The molecule has 0 radical (unpaired) electrons. The summed E-state index contributed by atoms with van der Waals surface area (Å²) in [5, 5.41) is 23.0. The number of aliphatic hydroxyl groups is 2. The zero-order chi connectivity index (χ0) is 32.4. The van der Waals surface area contributed by atoms with Crippen molar-refractivity contribution >= 4 is 6.08 Å². The fraction of sp³-hybridized carbons (Fsp3) is 0.459. The number of allylic oxidation sites excluding steroid dienone is 2. The Morgan fingerprint density at radius 1 is 1.07 bits per heavy atom. The summed E-state index contributed by atoms with van der Waals surface area (Å²) < 4.78 is 36.2. The van der Waals surface area contributed by atoms with Crippen molar-refractivity contribution in [2.45, 2.75) is 57.8 Å². The van der Waals surface area contributed by atoms with Crippen molar-refractivity contribution in [1.82, 2.24) is 4.90 Å². The van der Waals surface area contributed by atoms with Crippen molar-refractivity contribution in [2.24, 2.45) is 11.8 Å². The lowest BCUT2D eigenvalue weighted by atomic mass is 9.71. The van der Waals surface area contributed by atoms with Gasteiger partial charge in [0.25, 0.3) is 0 Å². The maximum absolute atomic E-state index is 13.3. The predicted octanol–water partition coefficient (Wildman–Crippen LogP) is 6.46. The molecule has 3 aliphatic rings. The van der Waals surface area contributed by atoms with E-state index in [1.807, 2.05) is 36.4 Å². The summed E-state index contributed by atoms with van der Waals surface area (Å²) in [6, 6.07) is 10.4. The fourth-order valence-corrected chi connectivity index (χ4v) is 6.92. The van der Waals surface area contributed by atoms with E-state index in [2.05, 4.69) is 31.7 Å². The van der Waals surface area contributed by atoms with E-state index >= 15 is 0 Å².